The van der Waals surface area contributed by atoms with E-state index in [1.807, 2.05) is 13.8 Å². The molecule has 1 N–H and O–H groups in total. The van der Waals surface area contributed by atoms with Crippen molar-refractivity contribution in [2.45, 2.75) is 20.3 Å². The van der Waals surface area contributed by atoms with Crippen LogP contribution < -0.4 is 10.2 Å². The molecule has 1 heterocycles. The maximum absolute atomic E-state index is 12.9. The Hall–Kier alpha value is -2.63. The smallest absolute Gasteiger partial charge is 0.411 e. The highest BCUT2D eigenvalue weighted by Crippen LogP contribution is 2.53. The number of hydrogen-bond donors (Lipinski definition) is 1. The van der Waals surface area contributed by atoms with Gasteiger partial charge in [0.05, 0.1) is 24.1 Å². The van der Waals surface area contributed by atoms with Gasteiger partial charge in [0.15, 0.2) is 0 Å². The van der Waals surface area contributed by atoms with Gasteiger partial charge in [-0.05, 0) is 42.4 Å². The number of carbonyl (C=O) groups excluding carboxylic acids is 3. The largest absolute Gasteiger partial charge is 0.449 e. The number of hydrogen-bond acceptors (Lipinski definition) is 4. The van der Waals surface area contributed by atoms with Crippen LogP contribution in [0.4, 0.5) is 16.2 Å². The summed E-state index contributed by atoms with van der Waals surface area (Å²) in [4.78, 5) is 38.8. The van der Waals surface area contributed by atoms with E-state index in [0.717, 1.165) is 6.42 Å². The Bertz CT molecular complexity index is 771. The minimum Gasteiger partial charge on any atom is -0.449 e. The standard InChI is InChI=1S/C20H22N2O4/c1-11(2)10-26-20(25)21-14-4-3-5-15(9-14)22-18(23)16-12-6-7-13(8-12)17(16)19(22)24/h3-7,9,11-13,16-17H,8,10H2,1-2H3,(H,21,25). The highest BCUT2D eigenvalue weighted by atomic mass is 16.5. The molecule has 0 radical (unpaired) electrons. The summed E-state index contributed by atoms with van der Waals surface area (Å²) in [5.74, 6) is -0.115. The Kier molecular flexibility index (Phi) is 4.05. The van der Waals surface area contributed by atoms with Crippen LogP contribution in [0.2, 0.25) is 0 Å². The van der Waals surface area contributed by atoms with Crippen molar-refractivity contribution in [1.82, 2.24) is 0 Å². The monoisotopic (exact) mass is 354 g/mol. The zero-order valence-corrected chi connectivity index (χ0v) is 14.8. The molecule has 6 heteroatoms. The normalized spacial score (nSPS) is 28.8. The Morgan fingerprint density at radius 2 is 1.85 bits per heavy atom. The zero-order chi connectivity index (χ0) is 18.4. The van der Waals surface area contributed by atoms with Crippen LogP contribution >= 0.6 is 0 Å². The summed E-state index contributed by atoms with van der Waals surface area (Å²) in [7, 11) is 0. The molecule has 136 valence electrons. The maximum atomic E-state index is 12.9. The fourth-order valence-corrected chi connectivity index (χ4v) is 4.28. The third-order valence-electron chi connectivity index (χ3n) is 5.37. The molecule has 1 aromatic carbocycles. The van der Waals surface area contributed by atoms with Crippen molar-refractivity contribution >= 4 is 29.3 Å². The van der Waals surface area contributed by atoms with Crippen molar-refractivity contribution in [1.29, 1.82) is 0 Å². The second kappa shape index (κ2) is 6.27. The van der Waals surface area contributed by atoms with Gasteiger partial charge in [0, 0.05) is 5.69 Å². The molecular formula is C20H22N2O4. The average molecular weight is 354 g/mol. The van der Waals surface area contributed by atoms with E-state index in [-0.39, 0.29) is 41.4 Å². The molecule has 4 atom stereocenters. The van der Waals surface area contributed by atoms with Gasteiger partial charge in [-0.15, -0.1) is 0 Å². The Morgan fingerprint density at radius 3 is 2.46 bits per heavy atom. The molecule has 2 bridgehead atoms. The first kappa shape index (κ1) is 16.8. The lowest BCUT2D eigenvalue weighted by molar-refractivity contribution is -0.123. The van der Waals surface area contributed by atoms with Gasteiger partial charge in [-0.25, -0.2) is 9.69 Å². The number of anilines is 2. The van der Waals surface area contributed by atoms with Crippen molar-refractivity contribution in [3.63, 3.8) is 0 Å². The molecule has 2 fully saturated rings. The summed E-state index contributed by atoms with van der Waals surface area (Å²) in [5.41, 5.74) is 0.991. The molecule has 26 heavy (non-hydrogen) atoms. The Labute approximate surface area is 152 Å². The number of rotatable bonds is 4. The average Bonchev–Trinajstić information content (AvgIpc) is 3.27. The SMILES string of the molecule is CC(C)COC(=O)Nc1cccc(N2C(=O)C3C4C=CC(C4)C3C2=O)c1. The van der Waals surface area contributed by atoms with Gasteiger partial charge in [-0.1, -0.05) is 32.1 Å². The third kappa shape index (κ3) is 2.69. The summed E-state index contributed by atoms with van der Waals surface area (Å²) < 4.78 is 5.11. The van der Waals surface area contributed by atoms with E-state index in [1.165, 1.54) is 4.90 Å². The number of allylic oxidation sites excluding steroid dienone is 2. The molecule has 1 saturated carbocycles. The first-order valence-corrected chi connectivity index (χ1v) is 9.05. The summed E-state index contributed by atoms with van der Waals surface area (Å²) in [5, 5.41) is 2.65. The minimum atomic E-state index is -0.547. The minimum absolute atomic E-state index is 0.128. The van der Waals surface area contributed by atoms with E-state index < -0.39 is 6.09 Å². The van der Waals surface area contributed by atoms with Gasteiger partial charge in [-0.2, -0.15) is 0 Å². The summed E-state index contributed by atoms with van der Waals surface area (Å²) in [6, 6.07) is 6.78. The van der Waals surface area contributed by atoms with Crippen LogP contribution in [0.1, 0.15) is 20.3 Å². The molecule has 3 amide bonds. The zero-order valence-electron chi connectivity index (χ0n) is 14.8. The Morgan fingerprint density at radius 1 is 1.19 bits per heavy atom. The number of fused-ring (bicyclic) bond motifs is 5. The molecule has 1 aromatic rings. The van der Waals surface area contributed by atoms with Crippen LogP contribution in [0.25, 0.3) is 0 Å². The van der Waals surface area contributed by atoms with Gasteiger partial charge in [0.25, 0.3) is 0 Å². The van der Waals surface area contributed by atoms with Crippen molar-refractivity contribution in [2.75, 3.05) is 16.8 Å². The van der Waals surface area contributed by atoms with Crippen LogP contribution in [-0.4, -0.2) is 24.5 Å². The molecule has 0 spiro atoms. The third-order valence-corrected chi connectivity index (χ3v) is 5.37. The van der Waals surface area contributed by atoms with E-state index in [2.05, 4.69) is 17.5 Å². The van der Waals surface area contributed by atoms with Crippen molar-refractivity contribution in [3.8, 4) is 0 Å². The van der Waals surface area contributed by atoms with Crippen LogP contribution in [0.15, 0.2) is 36.4 Å². The Balaban J connectivity index is 1.51. The number of imide groups is 1. The van der Waals surface area contributed by atoms with E-state index in [9.17, 15) is 14.4 Å². The molecule has 4 rings (SSSR count). The van der Waals surface area contributed by atoms with Crippen LogP contribution in [0, 0.1) is 29.6 Å². The molecule has 6 nitrogen and oxygen atoms in total. The first-order chi connectivity index (χ1) is 12.5. The van der Waals surface area contributed by atoms with Gasteiger partial charge in [0.1, 0.15) is 0 Å². The predicted octanol–water partition coefficient (Wildman–Crippen LogP) is 3.20. The summed E-state index contributed by atoms with van der Waals surface area (Å²) in [6.07, 6.45) is 4.50. The number of amides is 3. The molecule has 4 unspecified atom stereocenters. The molecule has 3 aliphatic rings. The van der Waals surface area contributed by atoms with Crippen LogP contribution in [0.3, 0.4) is 0 Å². The van der Waals surface area contributed by atoms with Gasteiger partial charge < -0.3 is 4.74 Å². The van der Waals surface area contributed by atoms with Crippen molar-refractivity contribution in [2.24, 2.45) is 29.6 Å². The topological polar surface area (TPSA) is 75.7 Å². The highest BCUT2D eigenvalue weighted by molar-refractivity contribution is 6.23. The molecule has 0 aromatic heterocycles. The van der Waals surface area contributed by atoms with Crippen LogP contribution in [-0.2, 0) is 14.3 Å². The lowest BCUT2D eigenvalue weighted by Gasteiger charge is -2.18. The maximum Gasteiger partial charge on any atom is 0.411 e. The van der Waals surface area contributed by atoms with E-state index >= 15 is 0 Å². The van der Waals surface area contributed by atoms with E-state index in [1.54, 1.807) is 24.3 Å². The fourth-order valence-electron chi connectivity index (χ4n) is 4.28. The number of nitrogens with zero attached hydrogens (tertiary/aromatic N) is 1. The quantitative estimate of drug-likeness (QED) is 0.665. The van der Waals surface area contributed by atoms with Crippen LogP contribution in [0.5, 0.6) is 0 Å². The fraction of sp³-hybridized carbons (Fsp3) is 0.450. The van der Waals surface area contributed by atoms with Gasteiger partial charge in [-0.3, -0.25) is 14.9 Å². The number of nitrogens with one attached hydrogen (secondary N) is 1. The van der Waals surface area contributed by atoms with Gasteiger partial charge >= 0.3 is 6.09 Å². The number of benzene rings is 1. The molecular weight excluding hydrogens is 332 g/mol. The second-order valence-corrected chi connectivity index (χ2v) is 7.68. The van der Waals surface area contributed by atoms with E-state index in [4.69, 9.17) is 4.74 Å². The lowest BCUT2D eigenvalue weighted by atomic mass is 9.85. The highest BCUT2D eigenvalue weighted by Gasteiger charge is 2.59. The second-order valence-electron chi connectivity index (χ2n) is 7.68. The predicted molar refractivity (Wildman–Crippen MR) is 96.5 cm³/mol. The molecule has 2 aliphatic carbocycles. The van der Waals surface area contributed by atoms with Crippen molar-refractivity contribution < 1.29 is 19.1 Å². The first-order valence-electron chi connectivity index (χ1n) is 9.05. The number of carbonyl (C=O) groups is 3. The lowest BCUT2D eigenvalue weighted by Crippen LogP contribution is -2.32. The summed E-state index contributed by atoms with van der Waals surface area (Å²) >= 11 is 0. The summed E-state index contributed by atoms with van der Waals surface area (Å²) in [6.45, 7) is 4.24. The van der Waals surface area contributed by atoms with E-state index in [0.29, 0.717) is 18.0 Å². The molecule has 1 saturated heterocycles. The van der Waals surface area contributed by atoms with Crippen molar-refractivity contribution in [3.05, 3.63) is 36.4 Å². The van der Waals surface area contributed by atoms with Gasteiger partial charge in [0.2, 0.25) is 11.8 Å². The molecule has 1 aliphatic heterocycles. The number of ether oxygens (including phenoxy) is 1.